The molecule has 0 unspecified atom stereocenters. The van der Waals surface area contributed by atoms with Gasteiger partial charge in [0.25, 0.3) is 0 Å². The van der Waals surface area contributed by atoms with E-state index in [-0.39, 0.29) is 13.0 Å². The summed E-state index contributed by atoms with van der Waals surface area (Å²) < 4.78 is 15.8. The third-order valence-electron chi connectivity index (χ3n) is 3.72. The molecule has 10 nitrogen and oxygen atoms in total. The zero-order valence-electron chi connectivity index (χ0n) is 21.5. The number of hydrogen-bond acceptors (Lipinski definition) is 7. The van der Waals surface area contributed by atoms with Gasteiger partial charge in [0, 0.05) is 12.5 Å². The van der Waals surface area contributed by atoms with Gasteiger partial charge in [-0.3, -0.25) is 0 Å². The Morgan fingerprint density at radius 1 is 0.848 bits per heavy atom. The van der Waals surface area contributed by atoms with Crippen molar-refractivity contribution in [1.29, 1.82) is 0 Å². The number of rotatable bonds is 7. The van der Waals surface area contributed by atoms with Gasteiger partial charge in [-0.25, -0.2) is 24.1 Å². The van der Waals surface area contributed by atoms with E-state index in [1.54, 1.807) is 81.4 Å². The van der Waals surface area contributed by atoms with Crippen LogP contribution in [0.4, 0.5) is 14.4 Å². The second-order valence-corrected chi connectivity index (χ2v) is 10.6. The van der Waals surface area contributed by atoms with Gasteiger partial charge in [-0.1, -0.05) is 12.2 Å². The highest BCUT2D eigenvalue weighted by Gasteiger charge is 2.34. The normalized spacial score (nSPS) is 14.2. The first-order valence-electron chi connectivity index (χ1n) is 10.8. The first-order valence-corrected chi connectivity index (χ1v) is 10.8. The van der Waals surface area contributed by atoms with Crippen LogP contribution in [-0.4, -0.2) is 63.6 Å². The van der Waals surface area contributed by atoms with Gasteiger partial charge in [0.05, 0.1) is 0 Å². The maximum absolute atomic E-state index is 12.7. The Bertz CT molecular complexity index is 698. The van der Waals surface area contributed by atoms with Gasteiger partial charge in [0.2, 0.25) is 0 Å². The molecule has 10 heteroatoms. The minimum absolute atomic E-state index is 0.0234. The van der Waals surface area contributed by atoms with Crippen LogP contribution in [0.2, 0.25) is 0 Å². The summed E-state index contributed by atoms with van der Waals surface area (Å²) in [6.45, 7) is 16.4. The summed E-state index contributed by atoms with van der Waals surface area (Å²) in [5, 5.41) is 12.1. The molecule has 0 bridgehead atoms. The first kappa shape index (κ1) is 30.2. The first-order chi connectivity index (χ1) is 14.8. The number of alkyl carbamates (subject to hydrolysis) is 1. The van der Waals surface area contributed by atoms with E-state index in [4.69, 9.17) is 14.2 Å². The zero-order chi connectivity index (χ0) is 26.2. The van der Waals surface area contributed by atoms with Crippen molar-refractivity contribution in [1.82, 2.24) is 10.2 Å². The van der Waals surface area contributed by atoms with Crippen molar-refractivity contribution in [2.45, 2.75) is 98.5 Å². The van der Waals surface area contributed by atoms with E-state index >= 15 is 0 Å². The molecule has 0 radical (unpaired) electrons. The standard InChI is InChI=1S/C23H40N2O8/c1-11-12-15(16(17(26)27)24-18(28)31-21(2,3)4)13-14-25(19(29)32-22(5,6)7)20(30)33-23(8,9)10/h11-12,15-16H,13-14H2,1-10H3,(H,24,28)(H,26,27)/t15-,16+/m1/s1. The summed E-state index contributed by atoms with van der Waals surface area (Å²) in [6.07, 6.45) is 0.517. The smallest absolute Gasteiger partial charge is 0.419 e. The van der Waals surface area contributed by atoms with E-state index in [0.717, 1.165) is 4.90 Å². The van der Waals surface area contributed by atoms with E-state index in [2.05, 4.69) is 5.32 Å². The number of carbonyl (C=O) groups is 4. The topological polar surface area (TPSA) is 131 Å². The second-order valence-electron chi connectivity index (χ2n) is 10.6. The fourth-order valence-corrected chi connectivity index (χ4v) is 2.58. The Hall–Kier alpha value is -2.78. The van der Waals surface area contributed by atoms with E-state index in [1.165, 1.54) is 0 Å². The lowest BCUT2D eigenvalue weighted by molar-refractivity contribution is -0.140. The highest BCUT2D eigenvalue weighted by atomic mass is 16.6. The van der Waals surface area contributed by atoms with Crippen LogP contribution in [0.1, 0.15) is 75.7 Å². The minimum atomic E-state index is -1.35. The van der Waals surface area contributed by atoms with Crippen LogP contribution in [0.5, 0.6) is 0 Å². The van der Waals surface area contributed by atoms with E-state index < -0.39 is 53.0 Å². The lowest BCUT2D eigenvalue weighted by Gasteiger charge is -2.30. The number of nitrogens with one attached hydrogen (secondary N) is 1. The monoisotopic (exact) mass is 472 g/mol. The predicted molar refractivity (Wildman–Crippen MR) is 123 cm³/mol. The Balaban J connectivity index is 5.73. The summed E-state index contributed by atoms with van der Waals surface area (Å²) in [5.41, 5.74) is -2.53. The van der Waals surface area contributed by atoms with Crippen molar-refractivity contribution in [3.8, 4) is 0 Å². The quantitative estimate of drug-likeness (QED) is 0.402. The molecule has 0 aliphatic heterocycles. The van der Waals surface area contributed by atoms with Crippen molar-refractivity contribution in [3.63, 3.8) is 0 Å². The molecule has 0 heterocycles. The highest BCUT2D eigenvalue weighted by Crippen LogP contribution is 2.19. The lowest BCUT2D eigenvalue weighted by atomic mass is 9.95. The molecular weight excluding hydrogens is 432 g/mol. The van der Waals surface area contributed by atoms with E-state index in [1.807, 2.05) is 0 Å². The Kier molecular flexibility index (Phi) is 10.9. The average molecular weight is 473 g/mol. The molecule has 3 amide bonds. The van der Waals surface area contributed by atoms with E-state index in [9.17, 15) is 24.3 Å². The Labute approximate surface area is 196 Å². The van der Waals surface area contributed by atoms with Crippen LogP contribution in [0.25, 0.3) is 0 Å². The summed E-state index contributed by atoms with van der Waals surface area (Å²) in [7, 11) is 0. The zero-order valence-corrected chi connectivity index (χ0v) is 21.5. The third kappa shape index (κ3) is 13.4. The van der Waals surface area contributed by atoms with Crippen molar-refractivity contribution >= 4 is 24.2 Å². The second kappa shape index (κ2) is 11.9. The molecule has 33 heavy (non-hydrogen) atoms. The average Bonchev–Trinajstić information content (AvgIpc) is 2.54. The van der Waals surface area contributed by atoms with Crippen LogP contribution < -0.4 is 5.32 Å². The van der Waals surface area contributed by atoms with Gasteiger partial charge in [0.1, 0.15) is 22.8 Å². The Morgan fingerprint density at radius 2 is 1.27 bits per heavy atom. The molecule has 190 valence electrons. The number of hydrogen-bond donors (Lipinski definition) is 2. The summed E-state index contributed by atoms with van der Waals surface area (Å²) in [6, 6.07) is -1.35. The van der Waals surface area contributed by atoms with Gasteiger partial charge >= 0.3 is 24.2 Å². The van der Waals surface area contributed by atoms with Gasteiger partial charge in [0.15, 0.2) is 0 Å². The molecule has 2 N–H and O–H groups in total. The number of carboxylic acid groups (broad SMARTS) is 1. The number of amides is 3. The molecule has 0 saturated carbocycles. The number of allylic oxidation sites excluding steroid dienone is 1. The number of aliphatic carboxylic acids is 1. The molecule has 0 aliphatic rings. The lowest BCUT2D eigenvalue weighted by Crippen LogP contribution is -2.49. The van der Waals surface area contributed by atoms with Gasteiger partial charge in [-0.05, 0) is 75.7 Å². The van der Waals surface area contributed by atoms with Crippen LogP contribution in [-0.2, 0) is 19.0 Å². The SMILES string of the molecule is CC=C[C@H](CCN(C(=O)OC(C)(C)C)C(=O)OC(C)(C)C)[C@H](NC(=O)OC(C)(C)C)C(=O)O. The largest absolute Gasteiger partial charge is 0.480 e. The molecule has 0 aromatic rings. The van der Waals surface area contributed by atoms with Gasteiger partial charge < -0.3 is 24.6 Å². The fourth-order valence-electron chi connectivity index (χ4n) is 2.58. The third-order valence-corrected chi connectivity index (χ3v) is 3.72. The number of ether oxygens (including phenoxy) is 3. The molecule has 0 saturated heterocycles. The van der Waals surface area contributed by atoms with Crippen molar-refractivity contribution in [2.75, 3.05) is 6.54 Å². The van der Waals surface area contributed by atoms with Crippen LogP contribution >= 0.6 is 0 Å². The molecule has 0 aromatic carbocycles. The number of nitrogens with zero attached hydrogens (tertiary/aromatic N) is 1. The fraction of sp³-hybridized carbons (Fsp3) is 0.739. The Morgan fingerprint density at radius 3 is 1.61 bits per heavy atom. The number of imide groups is 1. The molecule has 0 aromatic heterocycles. The molecule has 0 aliphatic carbocycles. The summed E-state index contributed by atoms with van der Waals surface area (Å²) in [4.78, 5) is 50.2. The molecule has 0 rings (SSSR count). The summed E-state index contributed by atoms with van der Waals surface area (Å²) >= 11 is 0. The van der Waals surface area contributed by atoms with Gasteiger partial charge in [-0.2, -0.15) is 0 Å². The maximum atomic E-state index is 12.7. The van der Waals surface area contributed by atoms with Crippen LogP contribution in [0, 0.1) is 5.92 Å². The maximum Gasteiger partial charge on any atom is 0.419 e. The highest BCUT2D eigenvalue weighted by molar-refractivity contribution is 5.88. The molecule has 0 spiro atoms. The number of carboxylic acids is 1. The predicted octanol–water partition coefficient (Wildman–Crippen LogP) is 4.72. The van der Waals surface area contributed by atoms with Crippen LogP contribution in [0.15, 0.2) is 12.2 Å². The van der Waals surface area contributed by atoms with Crippen LogP contribution in [0.3, 0.4) is 0 Å². The molecule has 2 atom stereocenters. The summed E-state index contributed by atoms with van der Waals surface area (Å²) in [5.74, 6) is -2.04. The molecule has 0 fully saturated rings. The van der Waals surface area contributed by atoms with Crippen molar-refractivity contribution < 1.29 is 38.5 Å². The van der Waals surface area contributed by atoms with Gasteiger partial charge in [-0.15, -0.1) is 0 Å². The molecular formula is C23H40N2O8. The van der Waals surface area contributed by atoms with E-state index in [0.29, 0.717) is 0 Å². The van der Waals surface area contributed by atoms with Crippen molar-refractivity contribution in [3.05, 3.63) is 12.2 Å². The van der Waals surface area contributed by atoms with Crippen molar-refractivity contribution in [2.24, 2.45) is 5.92 Å². The number of carbonyl (C=O) groups excluding carboxylic acids is 3. The minimum Gasteiger partial charge on any atom is -0.480 e.